The zero-order valence-corrected chi connectivity index (χ0v) is 52.0. The van der Waals surface area contributed by atoms with Crippen molar-refractivity contribution in [1.29, 1.82) is 0 Å². The second-order valence-electron chi connectivity index (χ2n) is 30.6. The molecule has 4 aliphatic rings. The Labute approximate surface area is 495 Å². The van der Waals surface area contributed by atoms with Crippen LogP contribution in [0.3, 0.4) is 0 Å². The Balaban J connectivity index is 1.16. The van der Waals surface area contributed by atoms with Gasteiger partial charge < -0.3 is 19.1 Å². The van der Waals surface area contributed by atoms with Crippen LogP contribution in [0, 0.1) is 6.85 Å². The molecule has 0 fully saturated rings. The van der Waals surface area contributed by atoms with Gasteiger partial charge in [-0.15, -0.1) is 0 Å². The average molecular weight is 1080 g/mol. The van der Waals surface area contributed by atoms with E-state index in [0.717, 1.165) is 110 Å². The average Bonchev–Trinajstić information content (AvgIpc) is 0.922. The molecule has 3 heterocycles. The first kappa shape index (κ1) is 50.7. The highest BCUT2D eigenvalue weighted by molar-refractivity contribution is 7.00. The van der Waals surface area contributed by atoms with E-state index in [1.54, 1.807) is 0 Å². The monoisotopic (exact) mass is 1080 g/mol. The van der Waals surface area contributed by atoms with E-state index < -0.39 is 6.85 Å². The van der Waals surface area contributed by atoms with Crippen molar-refractivity contribution in [3.63, 3.8) is 0 Å². The predicted octanol–water partition coefficient (Wildman–Crippen LogP) is 20.0. The van der Waals surface area contributed by atoms with Crippen LogP contribution >= 0.6 is 0 Å². The molecular weight excluding hydrogens is 994 g/mol. The minimum Gasteiger partial charge on any atom is -0.454 e. The normalized spacial score (nSPS) is 18.2. The van der Waals surface area contributed by atoms with Gasteiger partial charge in [-0.2, -0.15) is 0 Å². The summed E-state index contributed by atoms with van der Waals surface area (Å²) in [5.74, 6) is 0. The number of aryl methyl sites for hydroxylation is 1. The Morgan fingerprint density at radius 3 is 1.52 bits per heavy atom. The van der Waals surface area contributed by atoms with Gasteiger partial charge in [0.1, 0.15) is 5.58 Å². The van der Waals surface area contributed by atoms with E-state index >= 15 is 0 Å². The Hall–Kier alpha value is -6.98. The minimum atomic E-state index is -2.45. The number of nitrogens with zero attached hydrogens (tertiary/aromatic N) is 3. The summed E-state index contributed by atoms with van der Waals surface area (Å²) in [5, 5.41) is 2.06. The summed E-state index contributed by atoms with van der Waals surface area (Å²) in [6, 6.07) is 54.7. The molecule has 82 heavy (non-hydrogen) atoms. The Morgan fingerprint density at radius 2 is 0.951 bits per heavy atom. The van der Waals surface area contributed by atoms with E-state index in [4.69, 9.17) is 4.42 Å². The smallest absolute Gasteiger partial charge is 0.252 e. The van der Waals surface area contributed by atoms with Crippen LogP contribution in [0.2, 0.25) is 0 Å². The Bertz CT molecular complexity index is 4140. The molecule has 0 unspecified atom stereocenters. The molecule has 4 nitrogen and oxygen atoms in total. The quantitative estimate of drug-likeness (QED) is 0.160. The highest BCUT2D eigenvalue weighted by Gasteiger charge is 2.48. The second kappa shape index (κ2) is 18.0. The number of rotatable bonds is 5. The van der Waals surface area contributed by atoms with Crippen LogP contribution in [0.1, 0.15) is 192 Å². The standard InChI is InChI=1S/C77H86BN3O/c1-47-40-66-69-67(41-47)81(63-21-19-20-56-55-33-26-50(73(8,9)10)42-68(55)82-70(56)63)64-44-54(79(51-27-22-48(23-28-51)71(2,3)4)52-29-24-49(25-30-52)72(5,6)7)32-35-61(64)78(69)62-45-59-60(77(17,18)39-38-76(59,15)16)46-65(62)80(66)53-31-34-57-58(43-53)75(13,14)37-36-74(57,11)12/h19-35,40-46H,36-39H2,1-18H3/i1D3. The molecular formula is C77H86BN3O. The van der Waals surface area contributed by atoms with Crippen molar-refractivity contribution in [3.8, 4) is 0 Å². The zero-order chi connectivity index (χ0) is 60.7. The third-order valence-corrected chi connectivity index (χ3v) is 19.9. The number of fused-ring (bicyclic) bond motifs is 9. The van der Waals surface area contributed by atoms with Crippen molar-refractivity contribution in [2.75, 3.05) is 14.7 Å². The molecule has 0 bridgehead atoms. The van der Waals surface area contributed by atoms with Gasteiger partial charge in [-0.25, -0.2) is 0 Å². The SMILES string of the molecule is [2H]C([2H])([2H])c1cc2c3c(c1)N(c1cccc4c1oc1cc(C(C)(C)C)ccc14)c1cc(N(c4ccc(C(C)(C)C)cc4)c4ccc(C(C)(C)C)cc4)ccc1B3c1cc3c(cc1N2c1ccc2c(c1)C(C)(C)CCC2(C)C)C(C)(C)CCC3(C)C. The van der Waals surface area contributed by atoms with E-state index in [9.17, 15) is 4.11 Å². The van der Waals surface area contributed by atoms with Crippen molar-refractivity contribution in [3.05, 3.63) is 190 Å². The lowest BCUT2D eigenvalue weighted by Gasteiger charge is -2.48. The molecule has 13 rings (SSSR count). The van der Waals surface area contributed by atoms with Crippen LogP contribution in [-0.4, -0.2) is 6.71 Å². The first-order valence-electron chi connectivity index (χ1n) is 31.9. The molecule has 2 aliphatic heterocycles. The van der Waals surface area contributed by atoms with E-state index in [1.807, 2.05) is 12.1 Å². The minimum absolute atomic E-state index is 0.0136. The molecule has 9 aromatic rings. The van der Waals surface area contributed by atoms with Crippen molar-refractivity contribution < 1.29 is 8.53 Å². The van der Waals surface area contributed by atoms with E-state index in [2.05, 4.69) is 266 Å². The van der Waals surface area contributed by atoms with Gasteiger partial charge >= 0.3 is 0 Å². The molecule has 1 aromatic heterocycles. The summed E-state index contributed by atoms with van der Waals surface area (Å²) < 4.78 is 35.6. The third kappa shape index (κ3) is 8.59. The van der Waals surface area contributed by atoms with Gasteiger partial charge in [-0.05, 0) is 210 Å². The summed E-state index contributed by atoms with van der Waals surface area (Å²) >= 11 is 0. The van der Waals surface area contributed by atoms with Gasteiger partial charge in [0.05, 0.1) is 5.69 Å². The van der Waals surface area contributed by atoms with Gasteiger partial charge in [0.2, 0.25) is 0 Å². The van der Waals surface area contributed by atoms with Crippen molar-refractivity contribution in [2.45, 2.75) is 188 Å². The van der Waals surface area contributed by atoms with Crippen LogP contribution in [0.25, 0.3) is 21.9 Å². The Morgan fingerprint density at radius 1 is 0.439 bits per heavy atom. The molecule has 0 atom stereocenters. The number of furan rings is 1. The first-order chi connectivity index (χ1) is 39.6. The van der Waals surface area contributed by atoms with Crippen LogP contribution in [0.4, 0.5) is 51.2 Å². The largest absolute Gasteiger partial charge is 0.454 e. The summed E-state index contributed by atoms with van der Waals surface area (Å²) in [6.45, 7) is 36.9. The molecule has 2 aliphatic carbocycles. The summed E-state index contributed by atoms with van der Waals surface area (Å²) in [7, 11) is 0. The molecule has 5 heteroatoms. The van der Waals surface area contributed by atoms with Crippen LogP contribution in [0.15, 0.2) is 150 Å². The maximum atomic E-state index is 9.44. The van der Waals surface area contributed by atoms with Gasteiger partial charge in [-0.1, -0.05) is 184 Å². The lowest BCUT2D eigenvalue weighted by Crippen LogP contribution is -2.62. The highest BCUT2D eigenvalue weighted by atomic mass is 16.3. The zero-order valence-electron chi connectivity index (χ0n) is 55.0. The molecule has 0 amide bonds. The fourth-order valence-electron chi connectivity index (χ4n) is 14.5. The van der Waals surface area contributed by atoms with E-state index in [1.165, 1.54) is 44.4 Å². The van der Waals surface area contributed by atoms with Gasteiger partial charge in [0.15, 0.2) is 5.58 Å². The lowest BCUT2D eigenvalue weighted by molar-refractivity contribution is 0.332. The van der Waals surface area contributed by atoms with E-state index in [-0.39, 0.29) is 44.6 Å². The number of benzene rings is 8. The summed E-state index contributed by atoms with van der Waals surface area (Å²) in [5.41, 5.74) is 23.0. The van der Waals surface area contributed by atoms with Crippen molar-refractivity contribution in [2.24, 2.45) is 0 Å². The van der Waals surface area contributed by atoms with Crippen molar-refractivity contribution >= 4 is 96.2 Å². The van der Waals surface area contributed by atoms with Gasteiger partial charge in [0, 0.05) is 60.4 Å². The van der Waals surface area contributed by atoms with Crippen LogP contribution < -0.4 is 31.1 Å². The number of hydrogen-bond donors (Lipinski definition) is 0. The topological polar surface area (TPSA) is 22.9 Å². The molecule has 8 aromatic carbocycles. The molecule has 0 radical (unpaired) electrons. The predicted molar refractivity (Wildman–Crippen MR) is 354 cm³/mol. The van der Waals surface area contributed by atoms with Crippen molar-refractivity contribution in [1.82, 2.24) is 0 Å². The van der Waals surface area contributed by atoms with Crippen LogP contribution in [-0.2, 0) is 37.9 Å². The van der Waals surface area contributed by atoms with Crippen LogP contribution in [0.5, 0.6) is 0 Å². The second-order valence-corrected chi connectivity index (χ2v) is 30.6. The molecule has 418 valence electrons. The summed E-state index contributed by atoms with van der Waals surface area (Å²) in [6.07, 6.45) is 4.34. The molecule has 0 saturated heterocycles. The molecule has 0 saturated carbocycles. The fourth-order valence-corrected chi connectivity index (χ4v) is 14.5. The third-order valence-electron chi connectivity index (χ3n) is 19.9. The van der Waals surface area contributed by atoms with Gasteiger partial charge in [-0.3, -0.25) is 0 Å². The first-order valence-corrected chi connectivity index (χ1v) is 30.4. The molecule has 0 spiro atoms. The van der Waals surface area contributed by atoms with Gasteiger partial charge in [0.25, 0.3) is 6.71 Å². The number of anilines is 9. The fraction of sp³-hybridized carbons (Fsp3) is 0.377. The highest BCUT2D eigenvalue weighted by Crippen LogP contribution is 2.54. The number of hydrogen-bond acceptors (Lipinski definition) is 4. The lowest BCUT2D eigenvalue weighted by atomic mass is 9.33. The maximum absolute atomic E-state index is 9.44. The van der Waals surface area contributed by atoms with E-state index in [0.29, 0.717) is 5.56 Å². The summed E-state index contributed by atoms with van der Waals surface area (Å²) in [4.78, 5) is 7.23. The number of para-hydroxylation sites is 1. The Kier molecular flexibility index (Phi) is 11.1. The molecule has 0 N–H and O–H groups in total. The maximum Gasteiger partial charge on any atom is 0.252 e.